The summed E-state index contributed by atoms with van der Waals surface area (Å²) in [6, 6.07) is 7.68. The number of hydrogen-bond acceptors (Lipinski definition) is 3. The van der Waals surface area contributed by atoms with Crippen LogP contribution in [0, 0.1) is 0 Å². The molecule has 1 N–H and O–H groups in total. The lowest BCUT2D eigenvalue weighted by Crippen LogP contribution is -2.14. The number of esters is 1. The molecule has 1 unspecified atom stereocenters. The zero-order valence-electron chi connectivity index (χ0n) is 8.64. The van der Waals surface area contributed by atoms with Crippen molar-refractivity contribution in [3.8, 4) is 0 Å². The molecule has 0 fully saturated rings. The van der Waals surface area contributed by atoms with Gasteiger partial charge in [-0.1, -0.05) is 24.3 Å². The zero-order valence-corrected chi connectivity index (χ0v) is 9.80. The van der Waals surface area contributed by atoms with Gasteiger partial charge in [0.25, 0.3) is 0 Å². The van der Waals surface area contributed by atoms with Crippen molar-refractivity contribution in [3.05, 3.63) is 29.8 Å². The molecule has 0 aromatic heterocycles. The molecule has 0 aliphatic carbocycles. The van der Waals surface area contributed by atoms with Crippen LogP contribution in [0.25, 0.3) is 0 Å². The minimum Gasteiger partial charge on any atom is -0.469 e. The van der Waals surface area contributed by atoms with Crippen LogP contribution in [0.2, 0.25) is 0 Å². The van der Waals surface area contributed by atoms with Crippen LogP contribution in [0.5, 0.6) is 0 Å². The zero-order chi connectivity index (χ0) is 11.3. The molecule has 3 nitrogen and oxygen atoms in total. The predicted octanol–water partition coefficient (Wildman–Crippen LogP) is 0.119. The van der Waals surface area contributed by atoms with Crippen molar-refractivity contribution in [3.63, 3.8) is 0 Å². The van der Waals surface area contributed by atoms with Gasteiger partial charge < -0.3 is 9.84 Å². The Labute approximate surface area is 97.5 Å². The molecule has 2 radical (unpaired) electrons. The first kappa shape index (κ1) is 12.3. The van der Waals surface area contributed by atoms with Crippen molar-refractivity contribution in [2.24, 2.45) is 0 Å². The first-order valence-electron chi connectivity index (χ1n) is 4.70. The summed E-state index contributed by atoms with van der Waals surface area (Å²) in [6.45, 7) is -0.0524. The van der Waals surface area contributed by atoms with Gasteiger partial charge >= 0.3 is 5.97 Å². The molecule has 15 heavy (non-hydrogen) atoms. The number of carbonyl (C=O) groups excluding carboxylic acids is 1. The van der Waals surface area contributed by atoms with E-state index in [1.807, 2.05) is 24.3 Å². The van der Waals surface area contributed by atoms with E-state index in [0.717, 1.165) is 9.99 Å². The van der Waals surface area contributed by atoms with Crippen molar-refractivity contribution in [2.75, 3.05) is 13.7 Å². The van der Waals surface area contributed by atoms with Gasteiger partial charge in [-0.3, -0.25) is 4.79 Å². The van der Waals surface area contributed by atoms with Crippen LogP contribution in [0.3, 0.4) is 0 Å². The molecular weight excluding hydrogens is 207 g/mol. The molecule has 0 aliphatic heterocycles. The van der Waals surface area contributed by atoms with Crippen LogP contribution in [-0.2, 0) is 9.53 Å². The van der Waals surface area contributed by atoms with Crippen LogP contribution < -0.4 is 4.43 Å². The molecular formula is C11H13AlO3. The van der Waals surface area contributed by atoms with Crippen LogP contribution >= 0.6 is 0 Å². The minimum atomic E-state index is -0.303. The standard InChI is InChI=1S/C11H13O3.Al/c1-14-11(13)7-10(8-12)9-5-3-2-4-6-9;/h2-3,5-6,10,12H,7-8H2,1H3;. The summed E-state index contributed by atoms with van der Waals surface area (Å²) in [4.78, 5) is 11.1. The number of rotatable bonds is 4. The number of methoxy groups -OCH3 is 1. The maximum atomic E-state index is 11.1. The van der Waals surface area contributed by atoms with E-state index in [-0.39, 0.29) is 24.9 Å². The maximum absolute atomic E-state index is 11.1. The molecule has 1 rings (SSSR count). The van der Waals surface area contributed by atoms with Crippen molar-refractivity contribution < 1.29 is 14.6 Å². The topological polar surface area (TPSA) is 46.5 Å². The van der Waals surface area contributed by atoms with E-state index >= 15 is 0 Å². The second-order valence-corrected chi connectivity index (χ2v) is 4.00. The average molecular weight is 220 g/mol. The number of carbonyl (C=O) groups is 1. The number of aliphatic hydroxyl groups is 1. The van der Waals surface area contributed by atoms with Gasteiger partial charge in [0.2, 0.25) is 0 Å². The Morgan fingerprint density at radius 3 is 2.87 bits per heavy atom. The van der Waals surface area contributed by atoms with E-state index in [2.05, 4.69) is 21.0 Å². The molecule has 1 aromatic carbocycles. The highest BCUT2D eigenvalue weighted by Gasteiger charge is 2.15. The highest BCUT2D eigenvalue weighted by molar-refractivity contribution is 6.32. The fourth-order valence-electron chi connectivity index (χ4n) is 1.39. The Hall–Kier alpha value is -0.818. The highest BCUT2D eigenvalue weighted by Crippen LogP contribution is 2.18. The lowest BCUT2D eigenvalue weighted by Gasteiger charge is -2.13. The van der Waals surface area contributed by atoms with Gasteiger partial charge in [0.15, 0.2) is 16.3 Å². The Morgan fingerprint density at radius 1 is 1.60 bits per heavy atom. The number of benzene rings is 1. The number of aliphatic hydroxyl groups excluding tert-OH is 1. The Bertz CT molecular complexity index is 338. The summed E-state index contributed by atoms with van der Waals surface area (Å²) in [7, 11) is 1.35. The molecule has 1 atom stereocenters. The summed E-state index contributed by atoms with van der Waals surface area (Å²) in [5.74, 6) is -0.485. The van der Waals surface area contributed by atoms with Crippen molar-refractivity contribution in [1.29, 1.82) is 0 Å². The van der Waals surface area contributed by atoms with Gasteiger partial charge in [0, 0.05) is 5.92 Å². The Kier molecular flexibility index (Phi) is 4.83. The normalized spacial score (nSPS) is 12.1. The van der Waals surface area contributed by atoms with E-state index in [9.17, 15) is 9.90 Å². The molecule has 0 spiro atoms. The third-order valence-corrected chi connectivity index (χ3v) is 2.60. The van der Waals surface area contributed by atoms with E-state index in [0.29, 0.717) is 0 Å². The maximum Gasteiger partial charge on any atom is 0.306 e. The second kappa shape index (κ2) is 5.92. The molecule has 0 saturated heterocycles. The largest absolute Gasteiger partial charge is 0.469 e. The van der Waals surface area contributed by atoms with Crippen LogP contribution in [0.4, 0.5) is 0 Å². The lowest BCUT2D eigenvalue weighted by atomic mass is 9.97. The van der Waals surface area contributed by atoms with Crippen molar-refractivity contribution in [1.82, 2.24) is 0 Å². The fraction of sp³-hybridized carbons (Fsp3) is 0.364. The van der Waals surface area contributed by atoms with Gasteiger partial charge in [-0.15, -0.1) is 4.43 Å². The van der Waals surface area contributed by atoms with Crippen molar-refractivity contribution in [2.45, 2.75) is 12.3 Å². The SMILES string of the molecule is COC(=O)CC(CO)c1ccc[c]([Al])c1. The van der Waals surface area contributed by atoms with E-state index in [1.54, 1.807) is 0 Å². The first-order valence-corrected chi connectivity index (χ1v) is 5.28. The first-order chi connectivity index (χ1) is 7.17. The Morgan fingerprint density at radius 2 is 2.33 bits per heavy atom. The molecule has 0 heterocycles. The Balaban J connectivity index is 2.78. The van der Waals surface area contributed by atoms with Gasteiger partial charge in [-0.25, -0.2) is 0 Å². The number of hydrogen-bond donors (Lipinski definition) is 1. The highest BCUT2D eigenvalue weighted by atomic mass is 27.0. The van der Waals surface area contributed by atoms with E-state index in [1.165, 1.54) is 7.11 Å². The number of ether oxygens (including phenoxy) is 1. The third-order valence-electron chi connectivity index (χ3n) is 2.24. The molecule has 4 heteroatoms. The van der Waals surface area contributed by atoms with Gasteiger partial charge in [-0.2, -0.15) is 0 Å². The van der Waals surface area contributed by atoms with E-state index in [4.69, 9.17) is 0 Å². The molecule has 0 amide bonds. The monoisotopic (exact) mass is 220 g/mol. The summed E-state index contributed by atoms with van der Waals surface area (Å²) in [5, 5.41) is 9.20. The molecule has 0 aliphatic rings. The molecule has 0 saturated carbocycles. The predicted molar refractivity (Wildman–Crippen MR) is 58.3 cm³/mol. The average Bonchev–Trinajstić information content (AvgIpc) is 2.25. The molecule has 0 bridgehead atoms. The quantitative estimate of drug-likeness (QED) is 0.579. The second-order valence-electron chi connectivity index (χ2n) is 3.33. The molecule has 1 aromatic rings. The summed E-state index contributed by atoms with van der Waals surface area (Å²) < 4.78 is 5.62. The minimum absolute atomic E-state index is 0.0524. The smallest absolute Gasteiger partial charge is 0.306 e. The van der Waals surface area contributed by atoms with Crippen LogP contribution in [-0.4, -0.2) is 41.1 Å². The van der Waals surface area contributed by atoms with Crippen molar-refractivity contribution >= 4 is 26.7 Å². The lowest BCUT2D eigenvalue weighted by molar-refractivity contribution is -0.141. The third kappa shape index (κ3) is 3.67. The van der Waals surface area contributed by atoms with Gasteiger partial charge in [-0.05, 0) is 5.56 Å². The van der Waals surface area contributed by atoms with Crippen LogP contribution in [0.1, 0.15) is 17.9 Å². The van der Waals surface area contributed by atoms with Gasteiger partial charge in [0.05, 0.1) is 20.1 Å². The molecule has 78 valence electrons. The van der Waals surface area contributed by atoms with Gasteiger partial charge in [0.1, 0.15) is 0 Å². The fourth-order valence-corrected chi connectivity index (χ4v) is 1.69. The summed E-state index contributed by atoms with van der Waals surface area (Å²) >= 11 is 2.59. The van der Waals surface area contributed by atoms with E-state index < -0.39 is 0 Å². The van der Waals surface area contributed by atoms with Crippen LogP contribution in [0.15, 0.2) is 24.3 Å². The summed E-state index contributed by atoms with van der Waals surface area (Å²) in [5.41, 5.74) is 0.954. The summed E-state index contributed by atoms with van der Waals surface area (Å²) in [6.07, 6.45) is 0.209.